The third kappa shape index (κ3) is 2.54. The second kappa shape index (κ2) is 5.23. The molecule has 0 saturated heterocycles. The third-order valence-corrected chi connectivity index (χ3v) is 5.64. The van der Waals surface area contributed by atoms with Gasteiger partial charge in [0.05, 0.1) is 3.79 Å². The SMILES string of the molecule is CNC(c1ccc(Cl)o1)c1cc(Br)c(Br)s1. The van der Waals surface area contributed by atoms with Crippen molar-refractivity contribution < 1.29 is 4.42 Å². The minimum absolute atomic E-state index is 0.0279. The molecule has 0 saturated carbocycles. The molecule has 2 nitrogen and oxygen atoms in total. The van der Waals surface area contributed by atoms with Crippen molar-refractivity contribution in [2.24, 2.45) is 0 Å². The third-order valence-electron chi connectivity index (χ3n) is 2.12. The van der Waals surface area contributed by atoms with Crippen LogP contribution in [0.5, 0.6) is 0 Å². The van der Waals surface area contributed by atoms with Crippen molar-refractivity contribution in [1.82, 2.24) is 5.32 Å². The van der Waals surface area contributed by atoms with Crippen molar-refractivity contribution in [1.29, 1.82) is 0 Å². The Morgan fingerprint density at radius 2 is 2.19 bits per heavy atom. The second-order valence-corrected chi connectivity index (χ2v) is 6.76. The molecule has 0 aliphatic carbocycles. The van der Waals surface area contributed by atoms with E-state index in [1.807, 2.05) is 13.1 Å². The molecule has 2 heterocycles. The molecular weight excluding hydrogens is 377 g/mol. The summed E-state index contributed by atoms with van der Waals surface area (Å²) in [6.45, 7) is 0. The first-order chi connectivity index (χ1) is 7.61. The highest BCUT2D eigenvalue weighted by Gasteiger charge is 2.19. The maximum absolute atomic E-state index is 5.78. The van der Waals surface area contributed by atoms with Gasteiger partial charge in [0.2, 0.25) is 0 Å². The van der Waals surface area contributed by atoms with Crippen molar-refractivity contribution in [2.45, 2.75) is 6.04 Å². The molecule has 1 N–H and O–H groups in total. The van der Waals surface area contributed by atoms with E-state index in [0.29, 0.717) is 5.22 Å². The van der Waals surface area contributed by atoms with Crippen LogP contribution >= 0.6 is 54.8 Å². The van der Waals surface area contributed by atoms with Gasteiger partial charge in [0.1, 0.15) is 11.8 Å². The normalized spacial score (nSPS) is 13.0. The maximum atomic E-state index is 5.78. The molecule has 1 atom stereocenters. The molecule has 0 radical (unpaired) electrons. The lowest BCUT2D eigenvalue weighted by atomic mass is 10.2. The minimum atomic E-state index is 0.0279. The molecule has 0 aliphatic heterocycles. The van der Waals surface area contributed by atoms with Gasteiger partial charge in [-0.05, 0) is 68.7 Å². The molecule has 1 unspecified atom stereocenters. The van der Waals surface area contributed by atoms with Crippen molar-refractivity contribution >= 4 is 54.8 Å². The van der Waals surface area contributed by atoms with Crippen molar-refractivity contribution in [2.75, 3.05) is 7.05 Å². The lowest BCUT2D eigenvalue weighted by Crippen LogP contribution is -2.15. The van der Waals surface area contributed by atoms with Gasteiger partial charge in [-0.1, -0.05) is 0 Å². The number of thiophene rings is 1. The van der Waals surface area contributed by atoms with Crippen LogP contribution in [-0.2, 0) is 0 Å². The Balaban J connectivity index is 2.36. The average molecular weight is 386 g/mol. The van der Waals surface area contributed by atoms with Crippen molar-refractivity contribution in [3.63, 3.8) is 0 Å². The zero-order valence-corrected chi connectivity index (χ0v) is 13.0. The number of furan rings is 1. The predicted octanol–water partition coefficient (Wildman–Crippen LogP) is 4.83. The van der Waals surface area contributed by atoms with Crippen LogP contribution in [0.3, 0.4) is 0 Å². The molecule has 0 fully saturated rings. The molecule has 0 aliphatic rings. The molecule has 2 aromatic rings. The van der Waals surface area contributed by atoms with Gasteiger partial charge >= 0.3 is 0 Å². The first-order valence-corrected chi connectivity index (χ1v) is 7.27. The quantitative estimate of drug-likeness (QED) is 0.819. The molecule has 16 heavy (non-hydrogen) atoms. The van der Waals surface area contributed by atoms with E-state index >= 15 is 0 Å². The van der Waals surface area contributed by atoms with Gasteiger partial charge in [0, 0.05) is 9.35 Å². The van der Waals surface area contributed by atoms with Gasteiger partial charge in [-0.2, -0.15) is 0 Å². The molecule has 86 valence electrons. The van der Waals surface area contributed by atoms with Gasteiger partial charge in [-0.25, -0.2) is 0 Å². The van der Waals surface area contributed by atoms with E-state index in [-0.39, 0.29) is 6.04 Å². The predicted molar refractivity (Wildman–Crippen MR) is 74.3 cm³/mol. The Labute approximate surface area is 119 Å². The highest BCUT2D eigenvalue weighted by atomic mass is 79.9. The summed E-state index contributed by atoms with van der Waals surface area (Å²) in [6.07, 6.45) is 0. The fourth-order valence-corrected chi connectivity index (χ4v) is 3.77. The molecule has 0 amide bonds. The van der Waals surface area contributed by atoms with Crippen LogP contribution in [0.2, 0.25) is 5.22 Å². The number of hydrogen-bond acceptors (Lipinski definition) is 3. The molecular formula is C10H8Br2ClNOS. The van der Waals surface area contributed by atoms with Crippen LogP contribution < -0.4 is 5.32 Å². The summed E-state index contributed by atoms with van der Waals surface area (Å²) in [6, 6.07) is 5.72. The fourth-order valence-electron chi connectivity index (χ4n) is 1.41. The number of hydrogen-bond donors (Lipinski definition) is 1. The fraction of sp³-hybridized carbons (Fsp3) is 0.200. The maximum Gasteiger partial charge on any atom is 0.193 e. The van der Waals surface area contributed by atoms with Gasteiger partial charge < -0.3 is 9.73 Å². The van der Waals surface area contributed by atoms with Gasteiger partial charge in [-0.3, -0.25) is 0 Å². The second-order valence-electron chi connectivity index (χ2n) is 3.13. The summed E-state index contributed by atoms with van der Waals surface area (Å²) in [4.78, 5) is 1.16. The molecule has 0 spiro atoms. The van der Waals surface area contributed by atoms with E-state index < -0.39 is 0 Å². The molecule has 0 aromatic carbocycles. The van der Waals surface area contributed by atoms with Crippen molar-refractivity contribution in [3.8, 4) is 0 Å². The lowest BCUT2D eigenvalue weighted by Gasteiger charge is -2.10. The van der Waals surface area contributed by atoms with Crippen LogP contribution in [0.4, 0.5) is 0 Å². The van der Waals surface area contributed by atoms with Crippen molar-refractivity contribution in [3.05, 3.63) is 42.3 Å². The Bertz CT molecular complexity index is 477. The monoisotopic (exact) mass is 383 g/mol. The van der Waals surface area contributed by atoms with Gasteiger partial charge in [0.15, 0.2) is 5.22 Å². The summed E-state index contributed by atoms with van der Waals surface area (Å²) < 4.78 is 7.54. The van der Waals surface area contributed by atoms with E-state index in [9.17, 15) is 0 Å². The van der Waals surface area contributed by atoms with E-state index in [2.05, 4.69) is 43.2 Å². The topological polar surface area (TPSA) is 25.2 Å². The molecule has 2 aromatic heterocycles. The summed E-state index contributed by atoms with van der Waals surface area (Å²) in [7, 11) is 1.89. The first-order valence-electron chi connectivity index (χ1n) is 4.49. The van der Waals surface area contributed by atoms with Crippen LogP contribution in [0.25, 0.3) is 0 Å². The Morgan fingerprint density at radius 3 is 2.62 bits per heavy atom. The molecule has 6 heteroatoms. The minimum Gasteiger partial charge on any atom is -0.448 e. The largest absolute Gasteiger partial charge is 0.448 e. The van der Waals surface area contributed by atoms with Crippen LogP contribution in [0.1, 0.15) is 16.7 Å². The van der Waals surface area contributed by atoms with Gasteiger partial charge in [0.25, 0.3) is 0 Å². The highest BCUT2D eigenvalue weighted by molar-refractivity contribution is 9.13. The highest BCUT2D eigenvalue weighted by Crippen LogP contribution is 2.38. The zero-order valence-electron chi connectivity index (χ0n) is 8.26. The van der Waals surface area contributed by atoms with E-state index in [1.165, 1.54) is 0 Å². The Kier molecular flexibility index (Phi) is 4.13. The van der Waals surface area contributed by atoms with Gasteiger partial charge in [-0.15, -0.1) is 11.3 Å². The summed E-state index contributed by atoms with van der Waals surface area (Å²) in [5.41, 5.74) is 0. The van der Waals surface area contributed by atoms with Crippen LogP contribution in [0, 0.1) is 0 Å². The average Bonchev–Trinajstić information content (AvgIpc) is 2.77. The Hall–Kier alpha value is 0.190. The number of rotatable bonds is 3. The summed E-state index contributed by atoms with van der Waals surface area (Å²) in [5.74, 6) is 0.814. The summed E-state index contributed by atoms with van der Waals surface area (Å²) >= 11 is 14.4. The van der Waals surface area contributed by atoms with E-state index in [1.54, 1.807) is 17.4 Å². The van der Waals surface area contributed by atoms with E-state index in [4.69, 9.17) is 16.0 Å². The smallest absolute Gasteiger partial charge is 0.193 e. The molecule has 0 bridgehead atoms. The zero-order chi connectivity index (χ0) is 11.7. The number of nitrogens with one attached hydrogen (secondary N) is 1. The van der Waals surface area contributed by atoms with Crippen LogP contribution in [0.15, 0.2) is 30.9 Å². The Morgan fingerprint density at radius 1 is 1.44 bits per heavy atom. The standard InChI is InChI=1S/C10H8Br2ClNOS/c1-14-9(6-2-3-8(13)15-6)7-4-5(11)10(12)16-7/h2-4,9,14H,1H3. The molecule has 2 rings (SSSR count). The number of halogens is 3. The van der Waals surface area contributed by atoms with E-state index in [0.717, 1.165) is 18.9 Å². The summed E-state index contributed by atoms with van der Waals surface area (Å²) in [5, 5.41) is 3.61. The van der Waals surface area contributed by atoms with Crippen LogP contribution in [-0.4, -0.2) is 7.05 Å². The first kappa shape index (κ1) is 12.6. The lowest BCUT2D eigenvalue weighted by molar-refractivity contribution is 0.468.